The molecular weight excluding hydrogens is 262 g/mol. The van der Waals surface area contributed by atoms with Crippen LogP contribution in [0.1, 0.15) is 6.92 Å². The first-order valence-electron chi connectivity index (χ1n) is 5.11. The van der Waals surface area contributed by atoms with Crippen LogP contribution in [0.25, 0.3) is 0 Å². The van der Waals surface area contributed by atoms with Gasteiger partial charge >= 0.3 is 17.8 Å². The number of hydrogen-bond donors (Lipinski definition) is 3. The Labute approximate surface area is 106 Å². The Balaban J connectivity index is 2.75. The van der Waals surface area contributed by atoms with Crippen molar-refractivity contribution >= 4 is 23.5 Å². The largest absolute Gasteiger partial charge is 0.480 e. The molecule has 0 aliphatic heterocycles. The molecule has 0 aliphatic rings. The van der Waals surface area contributed by atoms with Gasteiger partial charge in [0.1, 0.15) is 23.4 Å². The van der Waals surface area contributed by atoms with Crippen molar-refractivity contribution in [1.82, 2.24) is 5.32 Å². The summed E-state index contributed by atoms with van der Waals surface area (Å²) in [6, 6.07) is 1.59. The molecule has 0 saturated carbocycles. The standard InChI is InChI=1S/C11H10F2N2O4/c1-5(11(18)19)14-9(16)10(17)15-8-6(12)3-2-4-7(8)13/h2-5H,1H3,(H,14,16)(H,15,17)(H,18,19)/t5-/m0/s1. The Morgan fingerprint density at radius 3 is 2.16 bits per heavy atom. The highest BCUT2D eigenvalue weighted by Crippen LogP contribution is 2.17. The molecule has 3 N–H and O–H groups in total. The van der Waals surface area contributed by atoms with E-state index in [2.05, 4.69) is 0 Å². The predicted octanol–water partition coefficient (Wildman–Crippen LogP) is 0.493. The zero-order chi connectivity index (χ0) is 14.6. The number of benzene rings is 1. The van der Waals surface area contributed by atoms with Gasteiger partial charge in [0.25, 0.3) is 0 Å². The summed E-state index contributed by atoms with van der Waals surface area (Å²) >= 11 is 0. The molecule has 0 saturated heterocycles. The van der Waals surface area contributed by atoms with Gasteiger partial charge in [0, 0.05) is 0 Å². The number of rotatable bonds is 3. The number of carboxylic acids is 1. The van der Waals surface area contributed by atoms with Gasteiger partial charge in [-0.2, -0.15) is 0 Å². The van der Waals surface area contributed by atoms with Gasteiger partial charge in [-0.05, 0) is 19.1 Å². The van der Waals surface area contributed by atoms with Crippen LogP contribution in [0, 0.1) is 11.6 Å². The van der Waals surface area contributed by atoms with Gasteiger partial charge in [0.15, 0.2) is 0 Å². The predicted molar refractivity (Wildman–Crippen MR) is 60.2 cm³/mol. The zero-order valence-electron chi connectivity index (χ0n) is 9.74. The fourth-order valence-corrected chi connectivity index (χ4v) is 1.11. The quantitative estimate of drug-likeness (QED) is 0.698. The molecule has 1 rings (SSSR count). The van der Waals surface area contributed by atoms with E-state index in [1.165, 1.54) is 0 Å². The monoisotopic (exact) mass is 272 g/mol. The Kier molecular flexibility index (Phi) is 4.51. The normalized spacial score (nSPS) is 11.5. The lowest BCUT2D eigenvalue weighted by Gasteiger charge is -2.10. The molecular formula is C11H10F2N2O4. The summed E-state index contributed by atoms with van der Waals surface area (Å²) < 4.78 is 26.4. The van der Waals surface area contributed by atoms with Crippen LogP contribution < -0.4 is 10.6 Å². The molecule has 0 heterocycles. The van der Waals surface area contributed by atoms with Crippen LogP contribution in [0.4, 0.5) is 14.5 Å². The van der Waals surface area contributed by atoms with Crippen molar-refractivity contribution in [3.05, 3.63) is 29.8 Å². The van der Waals surface area contributed by atoms with Gasteiger partial charge in [-0.1, -0.05) is 6.07 Å². The summed E-state index contributed by atoms with van der Waals surface area (Å²) in [6.45, 7) is 1.14. The summed E-state index contributed by atoms with van der Waals surface area (Å²) in [7, 11) is 0. The van der Waals surface area contributed by atoms with E-state index in [-0.39, 0.29) is 0 Å². The van der Waals surface area contributed by atoms with Crippen LogP contribution >= 0.6 is 0 Å². The SMILES string of the molecule is C[C@H](NC(=O)C(=O)Nc1c(F)cccc1F)C(=O)O. The number of para-hydroxylation sites is 1. The smallest absolute Gasteiger partial charge is 0.325 e. The van der Waals surface area contributed by atoms with Crippen LogP contribution in [0.2, 0.25) is 0 Å². The van der Waals surface area contributed by atoms with Crippen molar-refractivity contribution in [2.24, 2.45) is 0 Å². The summed E-state index contributed by atoms with van der Waals surface area (Å²) in [5, 5.41) is 12.1. The van der Waals surface area contributed by atoms with E-state index in [0.29, 0.717) is 0 Å². The summed E-state index contributed by atoms with van der Waals surface area (Å²) in [5.41, 5.74) is -0.773. The van der Waals surface area contributed by atoms with Crippen LogP contribution in [-0.2, 0) is 14.4 Å². The summed E-state index contributed by atoms with van der Waals surface area (Å²) in [5.74, 6) is -6.12. The molecule has 8 heteroatoms. The number of amides is 2. The third-order valence-electron chi connectivity index (χ3n) is 2.13. The molecule has 1 aromatic carbocycles. The van der Waals surface area contributed by atoms with Gasteiger partial charge in [-0.3, -0.25) is 14.4 Å². The van der Waals surface area contributed by atoms with Crippen molar-refractivity contribution in [1.29, 1.82) is 0 Å². The minimum atomic E-state index is -1.36. The van der Waals surface area contributed by atoms with Crippen molar-refractivity contribution in [2.45, 2.75) is 13.0 Å². The van der Waals surface area contributed by atoms with Crippen LogP contribution in [-0.4, -0.2) is 28.9 Å². The topological polar surface area (TPSA) is 95.5 Å². The van der Waals surface area contributed by atoms with E-state index >= 15 is 0 Å². The van der Waals surface area contributed by atoms with E-state index < -0.39 is 41.1 Å². The first kappa shape index (κ1) is 14.6. The molecule has 0 spiro atoms. The average Bonchev–Trinajstić information content (AvgIpc) is 2.33. The molecule has 102 valence electrons. The Morgan fingerprint density at radius 2 is 1.68 bits per heavy atom. The second kappa shape index (κ2) is 5.89. The zero-order valence-corrected chi connectivity index (χ0v) is 9.74. The van der Waals surface area contributed by atoms with Gasteiger partial charge in [-0.25, -0.2) is 8.78 Å². The highest BCUT2D eigenvalue weighted by molar-refractivity contribution is 6.40. The maximum Gasteiger partial charge on any atom is 0.325 e. The van der Waals surface area contributed by atoms with Crippen molar-refractivity contribution < 1.29 is 28.3 Å². The lowest BCUT2D eigenvalue weighted by molar-refractivity contribution is -0.143. The molecule has 0 unspecified atom stereocenters. The molecule has 0 aliphatic carbocycles. The van der Waals surface area contributed by atoms with Crippen molar-refractivity contribution in [3.63, 3.8) is 0 Å². The van der Waals surface area contributed by atoms with Gasteiger partial charge < -0.3 is 15.7 Å². The lowest BCUT2D eigenvalue weighted by atomic mass is 10.3. The van der Waals surface area contributed by atoms with Gasteiger partial charge in [0.05, 0.1) is 0 Å². The number of hydrogen-bond acceptors (Lipinski definition) is 3. The van der Waals surface area contributed by atoms with E-state index in [9.17, 15) is 23.2 Å². The first-order valence-corrected chi connectivity index (χ1v) is 5.11. The highest BCUT2D eigenvalue weighted by Gasteiger charge is 2.21. The molecule has 19 heavy (non-hydrogen) atoms. The molecule has 1 aromatic rings. The minimum absolute atomic E-state index is 0.773. The average molecular weight is 272 g/mol. The van der Waals surface area contributed by atoms with Crippen LogP contribution in [0.15, 0.2) is 18.2 Å². The number of halogens is 2. The first-order chi connectivity index (χ1) is 8.82. The number of aliphatic carboxylic acids is 1. The van der Waals surface area contributed by atoms with E-state index in [0.717, 1.165) is 25.1 Å². The van der Waals surface area contributed by atoms with Crippen molar-refractivity contribution in [3.8, 4) is 0 Å². The van der Waals surface area contributed by atoms with E-state index in [1.807, 2.05) is 5.32 Å². The van der Waals surface area contributed by atoms with Gasteiger partial charge in [0.2, 0.25) is 0 Å². The number of carboxylic acid groups (broad SMARTS) is 1. The Hall–Kier alpha value is -2.51. The number of anilines is 1. The van der Waals surface area contributed by atoms with Crippen LogP contribution in [0.5, 0.6) is 0 Å². The lowest BCUT2D eigenvalue weighted by Crippen LogP contribution is -2.44. The molecule has 2 amide bonds. The molecule has 1 atom stereocenters. The van der Waals surface area contributed by atoms with E-state index in [4.69, 9.17) is 5.11 Å². The number of carbonyl (C=O) groups is 3. The molecule has 0 aromatic heterocycles. The molecule has 0 radical (unpaired) electrons. The second-order valence-electron chi connectivity index (χ2n) is 3.58. The molecule has 6 nitrogen and oxygen atoms in total. The summed E-state index contributed by atoms with van der Waals surface area (Å²) in [4.78, 5) is 33.0. The number of nitrogens with one attached hydrogen (secondary N) is 2. The summed E-state index contributed by atoms with van der Waals surface area (Å²) in [6.07, 6.45) is 0. The highest BCUT2D eigenvalue weighted by atomic mass is 19.1. The fourth-order valence-electron chi connectivity index (χ4n) is 1.11. The third-order valence-corrected chi connectivity index (χ3v) is 2.13. The molecule has 0 fully saturated rings. The fraction of sp³-hybridized carbons (Fsp3) is 0.182. The van der Waals surface area contributed by atoms with Crippen LogP contribution in [0.3, 0.4) is 0 Å². The third kappa shape index (κ3) is 3.73. The second-order valence-corrected chi connectivity index (χ2v) is 3.58. The number of carbonyl (C=O) groups excluding carboxylic acids is 2. The Bertz CT molecular complexity index is 513. The maximum atomic E-state index is 13.2. The molecule has 0 bridgehead atoms. The van der Waals surface area contributed by atoms with Gasteiger partial charge in [-0.15, -0.1) is 0 Å². The minimum Gasteiger partial charge on any atom is -0.480 e. The Morgan fingerprint density at radius 1 is 1.16 bits per heavy atom. The van der Waals surface area contributed by atoms with E-state index in [1.54, 1.807) is 5.32 Å². The maximum absolute atomic E-state index is 13.2. The van der Waals surface area contributed by atoms with Crippen molar-refractivity contribution in [2.75, 3.05) is 5.32 Å².